The van der Waals surface area contributed by atoms with Crippen molar-refractivity contribution in [2.45, 2.75) is 45.8 Å². The molecule has 1 aliphatic rings. The second-order valence-electron chi connectivity index (χ2n) is 5.42. The standard InChI is InChI=1S/C14H21N5OS/c1-3-19-12-8-18(17-14(12)10(2)16-19)9-13(20)15-11-4-6-21-7-5-11/h8,11H,3-7,9H2,1-2H3,(H,15,20). The lowest BCUT2D eigenvalue weighted by Crippen LogP contribution is -2.39. The normalized spacial score (nSPS) is 16.5. The molecule has 0 atom stereocenters. The smallest absolute Gasteiger partial charge is 0.241 e. The van der Waals surface area contributed by atoms with E-state index in [4.69, 9.17) is 0 Å². The molecule has 0 aromatic carbocycles. The van der Waals surface area contributed by atoms with Crippen molar-refractivity contribution in [3.05, 3.63) is 11.9 Å². The first-order valence-corrected chi connectivity index (χ1v) is 8.60. The molecule has 0 unspecified atom stereocenters. The molecule has 1 amide bonds. The number of carbonyl (C=O) groups is 1. The fraction of sp³-hybridized carbons (Fsp3) is 0.643. The fourth-order valence-corrected chi connectivity index (χ4v) is 3.83. The summed E-state index contributed by atoms with van der Waals surface area (Å²) in [7, 11) is 0. The topological polar surface area (TPSA) is 64.7 Å². The Morgan fingerprint density at radius 3 is 2.90 bits per heavy atom. The Labute approximate surface area is 128 Å². The number of amides is 1. The molecule has 21 heavy (non-hydrogen) atoms. The van der Waals surface area contributed by atoms with E-state index in [9.17, 15) is 4.79 Å². The number of hydrogen-bond donors (Lipinski definition) is 1. The quantitative estimate of drug-likeness (QED) is 0.931. The van der Waals surface area contributed by atoms with Crippen LogP contribution in [0.4, 0.5) is 0 Å². The van der Waals surface area contributed by atoms with Crippen molar-refractivity contribution in [1.29, 1.82) is 0 Å². The van der Waals surface area contributed by atoms with Crippen molar-refractivity contribution >= 4 is 28.7 Å². The molecule has 1 fully saturated rings. The van der Waals surface area contributed by atoms with Crippen LogP contribution in [0.1, 0.15) is 25.5 Å². The molecule has 0 bridgehead atoms. The first-order valence-electron chi connectivity index (χ1n) is 7.45. The maximum absolute atomic E-state index is 12.1. The Bertz CT molecular complexity index is 641. The molecule has 1 N–H and O–H groups in total. The number of nitrogens with one attached hydrogen (secondary N) is 1. The molecule has 1 aliphatic heterocycles. The Balaban J connectivity index is 1.68. The van der Waals surface area contributed by atoms with E-state index in [1.165, 1.54) is 0 Å². The van der Waals surface area contributed by atoms with E-state index < -0.39 is 0 Å². The number of hydrogen-bond acceptors (Lipinski definition) is 4. The van der Waals surface area contributed by atoms with Crippen LogP contribution < -0.4 is 5.32 Å². The zero-order valence-electron chi connectivity index (χ0n) is 12.5. The summed E-state index contributed by atoms with van der Waals surface area (Å²) in [6, 6.07) is 0.330. The van der Waals surface area contributed by atoms with Crippen LogP contribution in [0.5, 0.6) is 0 Å². The average molecular weight is 307 g/mol. The summed E-state index contributed by atoms with van der Waals surface area (Å²) in [6.07, 6.45) is 4.05. The molecule has 3 rings (SSSR count). The highest BCUT2D eigenvalue weighted by Crippen LogP contribution is 2.18. The zero-order valence-corrected chi connectivity index (χ0v) is 13.3. The predicted molar refractivity (Wildman–Crippen MR) is 84.4 cm³/mol. The highest BCUT2D eigenvalue weighted by atomic mass is 32.2. The number of rotatable bonds is 4. The number of carbonyl (C=O) groups excluding carboxylic acids is 1. The highest BCUT2D eigenvalue weighted by molar-refractivity contribution is 7.99. The molecule has 6 nitrogen and oxygen atoms in total. The summed E-state index contributed by atoms with van der Waals surface area (Å²) < 4.78 is 3.64. The van der Waals surface area contributed by atoms with E-state index in [0.717, 1.165) is 47.6 Å². The van der Waals surface area contributed by atoms with Crippen LogP contribution in [-0.4, -0.2) is 43.0 Å². The molecule has 0 aliphatic carbocycles. The van der Waals surface area contributed by atoms with Crippen molar-refractivity contribution in [3.63, 3.8) is 0 Å². The molecule has 0 radical (unpaired) electrons. The third-order valence-electron chi connectivity index (χ3n) is 3.83. The Morgan fingerprint density at radius 1 is 1.43 bits per heavy atom. The molecule has 2 aromatic heterocycles. The summed E-state index contributed by atoms with van der Waals surface area (Å²) >= 11 is 1.96. The van der Waals surface area contributed by atoms with Crippen LogP contribution in [0.3, 0.4) is 0 Å². The van der Waals surface area contributed by atoms with Gasteiger partial charge in [0.1, 0.15) is 17.6 Å². The van der Waals surface area contributed by atoms with Crippen LogP contribution in [-0.2, 0) is 17.9 Å². The summed E-state index contributed by atoms with van der Waals surface area (Å²) in [5.74, 6) is 2.33. The van der Waals surface area contributed by atoms with Crippen molar-refractivity contribution in [3.8, 4) is 0 Å². The zero-order chi connectivity index (χ0) is 14.8. The first-order chi connectivity index (χ1) is 10.2. The van der Waals surface area contributed by atoms with Gasteiger partial charge in [-0.15, -0.1) is 0 Å². The summed E-state index contributed by atoms with van der Waals surface area (Å²) in [5, 5.41) is 12.0. The molecule has 0 spiro atoms. The molecular weight excluding hydrogens is 286 g/mol. The van der Waals surface area contributed by atoms with Gasteiger partial charge in [0.15, 0.2) is 0 Å². The maximum Gasteiger partial charge on any atom is 0.241 e. The van der Waals surface area contributed by atoms with Gasteiger partial charge >= 0.3 is 0 Å². The van der Waals surface area contributed by atoms with Gasteiger partial charge in [-0.3, -0.25) is 14.2 Å². The fourth-order valence-electron chi connectivity index (χ4n) is 2.72. The average Bonchev–Trinajstić information content (AvgIpc) is 3.00. The molecule has 7 heteroatoms. The van der Waals surface area contributed by atoms with Gasteiger partial charge in [-0.2, -0.15) is 22.0 Å². The van der Waals surface area contributed by atoms with Gasteiger partial charge in [0, 0.05) is 12.6 Å². The van der Waals surface area contributed by atoms with Gasteiger partial charge in [-0.1, -0.05) is 0 Å². The lowest BCUT2D eigenvalue weighted by Gasteiger charge is -2.22. The van der Waals surface area contributed by atoms with Gasteiger partial charge in [-0.05, 0) is 38.2 Å². The van der Waals surface area contributed by atoms with Crippen LogP contribution in [0.2, 0.25) is 0 Å². The van der Waals surface area contributed by atoms with Crippen LogP contribution in [0, 0.1) is 6.92 Å². The van der Waals surface area contributed by atoms with Gasteiger partial charge in [-0.25, -0.2) is 0 Å². The Hall–Kier alpha value is -1.50. The van der Waals surface area contributed by atoms with E-state index in [2.05, 4.69) is 22.4 Å². The molecule has 114 valence electrons. The number of aryl methyl sites for hydroxylation is 2. The SMILES string of the molecule is CCn1nc(C)c2nn(CC(=O)NC3CCSCC3)cc21. The predicted octanol–water partition coefficient (Wildman–Crippen LogP) is 1.57. The Kier molecular flexibility index (Phi) is 4.19. The molecule has 3 heterocycles. The second kappa shape index (κ2) is 6.09. The van der Waals surface area contributed by atoms with Gasteiger partial charge in [0.2, 0.25) is 5.91 Å². The third kappa shape index (κ3) is 3.07. The van der Waals surface area contributed by atoms with E-state index >= 15 is 0 Å². The van der Waals surface area contributed by atoms with Crippen molar-refractivity contribution in [2.75, 3.05) is 11.5 Å². The second-order valence-corrected chi connectivity index (χ2v) is 6.64. The van der Waals surface area contributed by atoms with E-state index in [1.807, 2.05) is 29.6 Å². The van der Waals surface area contributed by atoms with Crippen molar-refractivity contribution < 1.29 is 4.79 Å². The maximum atomic E-state index is 12.1. The highest BCUT2D eigenvalue weighted by Gasteiger charge is 2.17. The van der Waals surface area contributed by atoms with Gasteiger partial charge < -0.3 is 5.32 Å². The number of aromatic nitrogens is 4. The molecule has 1 saturated heterocycles. The monoisotopic (exact) mass is 307 g/mol. The first kappa shape index (κ1) is 14.4. The van der Waals surface area contributed by atoms with E-state index in [0.29, 0.717) is 6.04 Å². The number of thioether (sulfide) groups is 1. The molecule has 0 saturated carbocycles. The Morgan fingerprint density at radius 2 is 2.19 bits per heavy atom. The summed E-state index contributed by atoms with van der Waals surface area (Å²) in [5.41, 5.74) is 2.80. The minimum atomic E-state index is 0.0470. The van der Waals surface area contributed by atoms with Crippen LogP contribution in [0.15, 0.2) is 6.20 Å². The largest absolute Gasteiger partial charge is 0.352 e. The third-order valence-corrected chi connectivity index (χ3v) is 4.87. The van der Waals surface area contributed by atoms with Crippen molar-refractivity contribution in [2.24, 2.45) is 0 Å². The number of nitrogens with zero attached hydrogens (tertiary/aromatic N) is 4. The van der Waals surface area contributed by atoms with E-state index in [1.54, 1.807) is 4.68 Å². The minimum Gasteiger partial charge on any atom is -0.352 e. The lowest BCUT2D eigenvalue weighted by atomic mass is 10.1. The minimum absolute atomic E-state index is 0.0470. The summed E-state index contributed by atoms with van der Waals surface area (Å²) in [6.45, 7) is 5.09. The number of fused-ring (bicyclic) bond motifs is 1. The van der Waals surface area contributed by atoms with Crippen LogP contribution in [0.25, 0.3) is 11.0 Å². The van der Waals surface area contributed by atoms with Gasteiger partial charge in [0.25, 0.3) is 0 Å². The molecular formula is C14H21N5OS. The molecule has 2 aromatic rings. The van der Waals surface area contributed by atoms with Crippen LogP contribution >= 0.6 is 11.8 Å². The van der Waals surface area contributed by atoms with E-state index in [-0.39, 0.29) is 12.5 Å². The lowest BCUT2D eigenvalue weighted by molar-refractivity contribution is -0.122. The van der Waals surface area contributed by atoms with Gasteiger partial charge in [0.05, 0.1) is 11.9 Å². The summed E-state index contributed by atoms with van der Waals surface area (Å²) in [4.78, 5) is 12.1. The van der Waals surface area contributed by atoms with Crippen molar-refractivity contribution in [1.82, 2.24) is 24.9 Å².